The molecule has 1 aromatic heterocycles. The number of thiazole rings is 1. The number of hydrogen-bond acceptors (Lipinski definition) is 3. The smallest absolute Gasteiger partial charge is 0.233 e. The van der Waals surface area contributed by atoms with E-state index in [9.17, 15) is 9.18 Å². The van der Waals surface area contributed by atoms with Crippen molar-refractivity contribution in [2.45, 2.75) is 32.1 Å². The zero-order valence-electron chi connectivity index (χ0n) is 20.6. The van der Waals surface area contributed by atoms with E-state index in [1.165, 1.54) is 45.2 Å². The second-order valence-electron chi connectivity index (χ2n) is 10.4. The minimum Gasteiger partial charge on any atom is -0.301 e. The molecule has 182 valence electrons. The van der Waals surface area contributed by atoms with E-state index in [0.29, 0.717) is 10.5 Å². The quantitative estimate of drug-likeness (QED) is 0.270. The highest BCUT2D eigenvalue weighted by atomic mass is 32.1. The maximum atomic E-state index is 14.3. The molecular weight excluding hydrogens is 479 g/mol. The lowest BCUT2D eigenvalue weighted by atomic mass is 9.52. The molecule has 1 amide bonds. The molecule has 0 radical (unpaired) electrons. The summed E-state index contributed by atoms with van der Waals surface area (Å²) in [5, 5.41) is 7.03. The number of aryl methyl sites for hydroxylation is 1. The first-order chi connectivity index (χ1) is 18.0. The predicted octanol–water partition coefficient (Wildman–Crippen LogP) is 8.04. The normalized spacial score (nSPS) is 21.5. The molecule has 5 heteroatoms. The molecule has 0 fully saturated rings. The summed E-state index contributed by atoms with van der Waals surface area (Å²) in [6, 6.07) is 25.7. The van der Waals surface area contributed by atoms with Gasteiger partial charge in [-0.05, 0) is 65.6 Å². The van der Waals surface area contributed by atoms with Crippen molar-refractivity contribution < 1.29 is 9.18 Å². The summed E-state index contributed by atoms with van der Waals surface area (Å²) in [6.07, 6.45) is 0.763. The highest BCUT2D eigenvalue weighted by Gasteiger charge is 2.54. The fourth-order valence-electron chi connectivity index (χ4n) is 6.69. The van der Waals surface area contributed by atoms with Crippen molar-refractivity contribution in [2.24, 2.45) is 5.41 Å². The molecule has 4 aromatic carbocycles. The molecule has 5 aromatic rings. The summed E-state index contributed by atoms with van der Waals surface area (Å²) >= 11 is 1.41. The van der Waals surface area contributed by atoms with Gasteiger partial charge in [-0.3, -0.25) is 4.79 Å². The molecule has 3 aliphatic carbocycles. The Balaban J connectivity index is 1.25. The average molecular weight is 505 g/mol. The third-order valence-corrected chi connectivity index (χ3v) is 9.11. The van der Waals surface area contributed by atoms with Crippen molar-refractivity contribution in [3.63, 3.8) is 0 Å². The molecule has 0 aliphatic heterocycles. The van der Waals surface area contributed by atoms with Crippen LogP contribution < -0.4 is 5.32 Å². The first-order valence-corrected chi connectivity index (χ1v) is 13.5. The summed E-state index contributed by atoms with van der Waals surface area (Å²) in [5.41, 5.74) is 7.54. The first kappa shape index (κ1) is 22.4. The van der Waals surface area contributed by atoms with Gasteiger partial charge >= 0.3 is 0 Å². The number of anilines is 1. The number of hydrogen-bond donors (Lipinski definition) is 1. The van der Waals surface area contributed by atoms with E-state index in [4.69, 9.17) is 4.98 Å². The van der Waals surface area contributed by atoms with Gasteiger partial charge in [-0.1, -0.05) is 66.7 Å². The van der Waals surface area contributed by atoms with Crippen LogP contribution in [0.15, 0.2) is 84.2 Å². The molecule has 0 saturated heterocycles. The second kappa shape index (κ2) is 8.09. The number of carbonyl (C=O) groups is 1. The van der Waals surface area contributed by atoms with Crippen LogP contribution >= 0.6 is 11.3 Å². The third-order valence-electron chi connectivity index (χ3n) is 8.36. The largest absolute Gasteiger partial charge is 0.301 e. The van der Waals surface area contributed by atoms with E-state index in [2.05, 4.69) is 61.6 Å². The standard InChI is InChI=1S/C32H25FN2OS/c1-18-8-7-13-24-28(18)25-16-32(2,29(24)23-12-6-4-10-20(23)25)30(36)35-31-34-27(17-37-31)22-14-15-26(33)21-11-5-3-9-19(21)22/h3-15,17,25,29H,16H2,1-2H3,(H,34,35,36). The van der Waals surface area contributed by atoms with Crippen molar-refractivity contribution in [1.29, 1.82) is 0 Å². The van der Waals surface area contributed by atoms with Crippen LogP contribution in [0.25, 0.3) is 22.0 Å². The van der Waals surface area contributed by atoms with E-state index in [-0.39, 0.29) is 23.6 Å². The lowest BCUT2D eigenvalue weighted by Gasteiger charge is -2.51. The van der Waals surface area contributed by atoms with Gasteiger partial charge in [0.15, 0.2) is 5.13 Å². The van der Waals surface area contributed by atoms with Crippen molar-refractivity contribution >= 4 is 33.1 Å². The SMILES string of the molecule is Cc1cccc2c1C1CC(C)(C(=O)Nc3nc(-c4ccc(F)c5ccccc45)cs3)C2c2ccccc21. The van der Waals surface area contributed by atoms with Gasteiger partial charge in [0.2, 0.25) is 5.91 Å². The van der Waals surface area contributed by atoms with Gasteiger partial charge < -0.3 is 5.32 Å². The Hall–Kier alpha value is -3.83. The van der Waals surface area contributed by atoms with E-state index in [1.54, 1.807) is 12.1 Å². The summed E-state index contributed by atoms with van der Waals surface area (Å²) in [4.78, 5) is 18.7. The summed E-state index contributed by atoms with van der Waals surface area (Å²) in [7, 11) is 0. The van der Waals surface area contributed by atoms with Crippen LogP contribution in [0.4, 0.5) is 9.52 Å². The number of halogens is 1. The van der Waals surface area contributed by atoms with Crippen LogP contribution in [0.3, 0.4) is 0 Å². The fourth-order valence-corrected chi connectivity index (χ4v) is 7.40. The van der Waals surface area contributed by atoms with Crippen molar-refractivity contribution in [2.75, 3.05) is 5.32 Å². The molecule has 37 heavy (non-hydrogen) atoms. The number of rotatable bonds is 3. The van der Waals surface area contributed by atoms with Gasteiger partial charge in [0.1, 0.15) is 5.82 Å². The van der Waals surface area contributed by atoms with E-state index < -0.39 is 5.41 Å². The summed E-state index contributed by atoms with van der Waals surface area (Å²) < 4.78 is 14.3. The molecule has 2 bridgehead atoms. The molecule has 0 saturated carbocycles. The number of benzene rings is 4. The highest BCUT2D eigenvalue weighted by Crippen LogP contribution is 2.61. The Kier molecular flexibility index (Phi) is 4.89. The van der Waals surface area contributed by atoms with E-state index in [1.807, 2.05) is 23.6 Å². The Morgan fingerprint density at radius 3 is 2.51 bits per heavy atom. The molecule has 0 spiro atoms. The third kappa shape index (κ3) is 3.23. The average Bonchev–Trinajstić information content (AvgIpc) is 3.37. The summed E-state index contributed by atoms with van der Waals surface area (Å²) in [6.45, 7) is 4.28. The van der Waals surface area contributed by atoms with Gasteiger partial charge in [-0.25, -0.2) is 9.37 Å². The van der Waals surface area contributed by atoms with Gasteiger partial charge in [-0.2, -0.15) is 0 Å². The van der Waals surface area contributed by atoms with Crippen LogP contribution in [-0.2, 0) is 4.79 Å². The number of fused-ring (bicyclic) bond motifs is 2. The van der Waals surface area contributed by atoms with Crippen molar-refractivity contribution in [3.8, 4) is 11.3 Å². The number of carbonyl (C=O) groups excluding carboxylic acids is 1. The second-order valence-corrected chi connectivity index (χ2v) is 11.3. The van der Waals surface area contributed by atoms with Crippen LogP contribution in [0.5, 0.6) is 0 Å². The number of nitrogens with one attached hydrogen (secondary N) is 1. The summed E-state index contributed by atoms with van der Waals surface area (Å²) in [5.74, 6) is -0.0668. The maximum absolute atomic E-state index is 14.3. The van der Waals surface area contributed by atoms with Crippen molar-refractivity contribution in [3.05, 3.63) is 118 Å². The minimum absolute atomic E-state index is 0.00553. The van der Waals surface area contributed by atoms with Gasteiger partial charge in [-0.15, -0.1) is 11.3 Å². The molecule has 1 N–H and O–H groups in total. The zero-order valence-corrected chi connectivity index (χ0v) is 21.4. The van der Waals surface area contributed by atoms with E-state index in [0.717, 1.165) is 23.1 Å². The van der Waals surface area contributed by atoms with Gasteiger partial charge in [0.25, 0.3) is 0 Å². The Labute approximate surface area is 219 Å². The van der Waals surface area contributed by atoms with Crippen LogP contribution in [0.1, 0.15) is 53.0 Å². The van der Waals surface area contributed by atoms with E-state index >= 15 is 0 Å². The zero-order chi connectivity index (χ0) is 25.3. The van der Waals surface area contributed by atoms with Crippen LogP contribution in [0, 0.1) is 18.2 Å². The van der Waals surface area contributed by atoms with Crippen molar-refractivity contribution in [1.82, 2.24) is 4.98 Å². The fraction of sp³-hybridized carbons (Fsp3) is 0.188. The monoisotopic (exact) mass is 504 g/mol. The number of nitrogens with zero attached hydrogens (tertiary/aromatic N) is 1. The molecule has 8 rings (SSSR count). The molecule has 1 heterocycles. The molecule has 3 atom stereocenters. The first-order valence-electron chi connectivity index (χ1n) is 12.6. The van der Waals surface area contributed by atoms with Crippen LogP contribution in [-0.4, -0.2) is 10.9 Å². The number of aromatic nitrogens is 1. The molecule has 3 nitrogen and oxygen atoms in total. The molecular formula is C32H25FN2OS. The lowest BCUT2D eigenvalue weighted by Crippen LogP contribution is -2.47. The highest BCUT2D eigenvalue weighted by molar-refractivity contribution is 7.14. The Bertz CT molecular complexity index is 1720. The Morgan fingerprint density at radius 2 is 1.68 bits per heavy atom. The maximum Gasteiger partial charge on any atom is 0.233 e. The minimum atomic E-state index is -0.603. The topological polar surface area (TPSA) is 42.0 Å². The van der Waals surface area contributed by atoms with Gasteiger partial charge in [0.05, 0.1) is 11.1 Å². The van der Waals surface area contributed by atoms with Crippen LogP contribution in [0.2, 0.25) is 0 Å². The Morgan fingerprint density at radius 1 is 0.946 bits per heavy atom. The lowest BCUT2D eigenvalue weighted by molar-refractivity contribution is -0.126. The number of amides is 1. The molecule has 3 aliphatic rings. The van der Waals surface area contributed by atoms with Gasteiger partial charge in [0, 0.05) is 28.2 Å². The molecule has 3 unspecified atom stereocenters. The predicted molar refractivity (Wildman–Crippen MR) is 148 cm³/mol.